The number of rotatable bonds is 4. The molecule has 0 unspecified atom stereocenters. The van der Waals surface area contributed by atoms with Gasteiger partial charge in [0.2, 0.25) is 0 Å². The lowest BCUT2D eigenvalue weighted by Crippen LogP contribution is -2.12. The maximum atomic E-state index is 12.5. The third kappa shape index (κ3) is 3.57. The molecule has 0 saturated heterocycles. The molecule has 0 spiro atoms. The molecule has 0 bridgehead atoms. The van der Waals surface area contributed by atoms with E-state index in [1.54, 1.807) is 0 Å². The number of amides is 1. The van der Waals surface area contributed by atoms with Crippen LogP contribution >= 0.6 is 11.3 Å². The number of anilines is 1. The number of hydrogen-bond donors (Lipinski definition) is 1. The zero-order valence-electron chi connectivity index (χ0n) is 12.9. The molecule has 3 rings (SSSR count). The molecule has 0 aliphatic heterocycles. The third-order valence-corrected chi connectivity index (χ3v) is 4.29. The monoisotopic (exact) mass is 324 g/mol. The first kappa shape index (κ1) is 15.2. The topological polar surface area (TPSA) is 51.2 Å². The zero-order chi connectivity index (χ0) is 16.2. The lowest BCUT2D eigenvalue weighted by atomic mass is 10.2. The van der Waals surface area contributed by atoms with Gasteiger partial charge in [0.25, 0.3) is 5.91 Å². The van der Waals surface area contributed by atoms with E-state index in [1.165, 1.54) is 11.3 Å². The maximum Gasteiger partial charge on any atom is 0.267 e. The summed E-state index contributed by atoms with van der Waals surface area (Å²) in [5.74, 6) is 1.15. The predicted molar refractivity (Wildman–Crippen MR) is 92.5 cm³/mol. The van der Waals surface area contributed by atoms with Gasteiger partial charge in [-0.05, 0) is 38.1 Å². The highest BCUT2D eigenvalue weighted by Crippen LogP contribution is 2.30. The van der Waals surface area contributed by atoms with E-state index in [1.807, 2.05) is 68.4 Å². The molecule has 2 aromatic carbocycles. The highest BCUT2D eigenvalue weighted by molar-refractivity contribution is 7.13. The lowest BCUT2D eigenvalue weighted by Gasteiger charge is -2.11. The van der Waals surface area contributed by atoms with Crippen molar-refractivity contribution in [2.24, 2.45) is 0 Å². The molecule has 23 heavy (non-hydrogen) atoms. The summed E-state index contributed by atoms with van der Waals surface area (Å²) in [4.78, 5) is 17.4. The Morgan fingerprint density at radius 1 is 1.04 bits per heavy atom. The molecule has 0 radical (unpaired) electrons. The maximum absolute atomic E-state index is 12.5. The number of nitrogens with one attached hydrogen (secondary N) is 1. The van der Waals surface area contributed by atoms with Gasteiger partial charge >= 0.3 is 0 Å². The summed E-state index contributed by atoms with van der Waals surface area (Å²) in [6, 6.07) is 16.8. The number of aryl methyl sites for hydroxylation is 2. The minimum atomic E-state index is -0.169. The summed E-state index contributed by atoms with van der Waals surface area (Å²) in [7, 11) is 0. The molecule has 5 heteroatoms. The fourth-order valence-corrected chi connectivity index (χ4v) is 3.01. The summed E-state index contributed by atoms with van der Waals surface area (Å²) in [6.07, 6.45) is 0. The first-order valence-corrected chi connectivity index (χ1v) is 8.02. The first-order valence-electron chi connectivity index (χ1n) is 7.21. The number of ether oxygens (including phenoxy) is 1. The van der Waals surface area contributed by atoms with Crippen molar-refractivity contribution >= 4 is 22.9 Å². The number of nitrogens with zero attached hydrogens (tertiary/aromatic N) is 1. The second kappa shape index (κ2) is 6.62. The van der Waals surface area contributed by atoms with Crippen molar-refractivity contribution in [2.75, 3.05) is 5.32 Å². The number of para-hydroxylation sites is 3. The fraction of sp³-hybridized carbons (Fsp3) is 0.111. The van der Waals surface area contributed by atoms with Gasteiger partial charge in [-0.25, -0.2) is 4.98 Å². The number of carbonyl (C=O) groups excluding carboxylic acids is 1. The Bertz CT molecular complexity index is 828. The Kier molecular flexibility index (Phi) is 4.39. The molecule has 0 atom stereocenters. The van der Waals surface area contributed by atoms with Crippen LogP contribution in [0.5, 0.6) is 11.5 Å². The van der Waals surface area contributed by atoms with Crippen molar-refractivity contribution in [3.63, 3.8) is 0 Å². The number of carbonyl (C=O) groups is 1. The number of hydrogen-bond acceptors (Lipinski definition) is 4. The van der Waals surface area contributed by atoms with E-state index < -0.39 is 0 Å². The SMILES string of the molecule is Cc1nc(C)c(C(=O)Nc2ccccc2Oc2ccccc2)s1. The van der Waals surface area contributed by atoms with Gasteiger partial charge in [-0.2, -0.15) is 0 Å². The molecule has 1 aromatic heterocycles. The molecular weight excluding hydrogens is 308 g/mol. The Hall–Kier alpha value is -2.66. The van der Waals surface area contributed by atoms with Gasteiger partial charge in [0, 0.05) is 0 Å². The van der Waals surface area contributed by atoms with Gasteiger partial charge in [0.05, 0.1) is 16.4 Å². The van der Waals surface area contributed by atoms with Gasteiger partial charge in [-0.15, -0.1) is 11.3 Å². The van der Waals surface area contributed by atoms with Gasteiger partial charge in [-0.1, -0.05) is 30.3 Å². The van der Waals surface area contributed by atoms with Crippen molar-refractivity contribution in [1.82, 2.24) is 4.98 Å². The summed E-state index contributed by atoms with van der Waals surface area (Å²) in [5.41, 5.74) is 1.37. The van der Waals surface area contributed by atoms with E-state index in [0.717, 1.165) is 16.5 Å². The van der Waals surface area contributed by atoms with Crippen molar-refractivity contribution in [3.05, 3.63) is 70.2 Å². The molecule has 0 aliphatic rings. The second-order valence-corrected chi connectivity index (χ2v) is 6.22. The van der Waals surface area contributed by atoms with E-state index in [0.29, 0.717) is 16.3 Å². The molecular formula is C18H16N2O2S. The quantitative estimate of drug-likeness (QED) is 0.749. The van der Waals surface area contributed by atoms with Crippen LogP contribution in [0.25, 0.3) is 0 Å². The van der Waals surface area contributed by atoms with Crippen LogP contribution in [0.3, 0.4) is 0 Å². The summed E-state index contributed by atoms with van der Waals surface area (Å²) in [5, 5.41) is 3.78. The van der Waals surface area contributed by atoms with Crippen LogP contribution in [0.1, 0.15) is 20.4 Å². The zero-order valence-corrected chi connectivity index (χ0v) is 13.7. The molecule has 0 saturated carbocycles. The molecule has 4 nitrogen and oxygen atoms in total. The molecule has 1 N–H and O–H groups in total. The van der Waals surface area contributed by atoms with Gasteiger partial charge in [0.1, 0.15) is 10.6 Å². The number of aromatic nitrogens is 1. The first-order chi connectivity index (χ1) is 11.1. The molecule has 0 fully saturated rings. The molecule has 1 amide bonds. The average molecular weight is 324 g/mol. The van der Waals surface area contributed by atoms with E-state index in [2.05, 4.69) is 10.3 Å². The smallest absolute Gasteiger partial charge is 0.267 e. The van der Waals surface area contributed by atoms with E-state index in [9.17, 15) is 4.79 Å². The Balaban J connectivity index is 1.83. The number of thiazole rings is 1. The fourth-order valence-electron chi connectivity index (χ4n) is 2.20. The standard InChI is InChI=1S/C18H16N2O2S/c1-12-17(23-13(2)19-12)18(21)20-15-10-6-7-11-16(15)22-14-8-4-3-5-9-14/h3-11H,1-2H3,(H,20,21). The highest BCUT2D eigenvalue weighted by Gasteiger charge is 2.15. The van der Waals surface area contributed by atoms with Crippen molar-refractivity contribution < 1.29 is 9.53 Å². The highest BCUT2D eigenvalue weighted by atomic mass is 32.1. The second-order valence-electron chi connectivity index (χ2n) is 5.01. The molecule has 3 aromatic rings. The Morgan fingerprint density at radius 2 is 1.74 bits per heavy atom. The van der Waals surface area contributed by atoms with Crippen LogP contribution in [0, 0.1) is 13.8 Å². The van der Waals surface area contributed by atoms with Crippen molar-refractivity contribution in [1.29, 1.82) is 0 Å². The molecule has 0 aliphatic carbocycles. The molecule has 116 valence electrons. The van der Waals surface area contributed by atoms with Gasteiger partial charge in [-0.3, -0.25) is 4.79 Å². The van der Waals surface area contributed by atoms with Crippen LogP contribution in [0.2, 0.25) is 0 Å². The largest absolute Gasteiger partial charge is 0.455 e. The van der Waals surface area contributed by atoms with E-state index >= 15 is 0 Å². The van der Waals surface area contributed by atoms with Crippen LogP contribution in [0.4, 0.5) is 5.69 Å². The summed E-state index contributed by atoms with van der Waals surface area (Å²) >= 11 is 1.39. The van der Waals surface area contributed by atoms with Crippen LogP contribution in [-0.4, -0.2) is 10.9 Å². The minimum Gasteiger partial charge on any atom is -0.455 e. The van der Waals surface area contributed by atoms with Crippen molar-refractivity contribution in [2.45, 2.75) is 13.8 Å². The third-order valence-electron chi connectivity index (χ3n) is 3.22. The Labute approximate surface area is 138 Å². The van der Waals surface area contributed by atoms with Gasteiger partial charge in [0.15, 0.2) is 5.75 Å². The number of benzene rings is 2. The summed E-state index contributed by atoms with van der Waals surface area (Å²) in [6.45, 7) is 3.73. The minimum absolute atomic E-state index is 0.169. The predicted octanol–water partition coefficient (Wildman–Crippen LogP) is 4.80. The van der Waals surface area contributed by atoms with Crippen LogP contribution in [0.15, 0.2) is 54.6 Å². The Morgan fingerprint density at radius 3 is 2.43 bits per heavy atom. The van der Waals surface area contributed by atoms with E-state index in [-0.39, 0.29) is 5.91 Å². The average Bonchev–Trinajstić information content (AvgIpc) is 2.89. The van der Waals surface area contributed by atoms with E-state index in [4.69, 9.17) is 4.74 Å². The van der Waals surface area contributed by atoms with Gasteiger partial charge < -0.3 is 10.1 Å². The van der Waals surface area contributed by atoms with Crippen LogP contribution < -0.4 is 10.1 Å². The lowest BCUT2D eigenvalue weighted by molar-refractivity contribution is 0.102. The van der Waals surface area contributed by atoms with Crippen molar-refractivity contribution in [3.8, 4) is 11.5 Å². The summed E-state index contributed by atoms with van der Waals surface area (Å²) < 4.78 is 5.85. The molecule has 1 heterocycles. The normalized spacial score (nSPS) is 10.3. The van der Waals surface area contributed by atoms with Crippen LogP contribution in [-0.2, 0) is 0 Å².